The van der Waals surface area contributed by atoms with Gasteiger partial charge in [-0.15, -0.1) is 0 Å². The van der Waals surface area contributed by atoms with E-state index >= 15 is 0 Å². The number of amides is 1. The van der Waals surface area contributed by atoms with Gasteiger partial charge in [0.25, 0.3) is 0 Å². The smallest absolute Gasteiger partial charge is 0.228 e. The Labute approximate surface area is 140 Å². The SMILES string of the molecule is CS(=O)(=O)N1CCN(C(=O)Cc2coc(-c3ccccc3)n2)CC1. The van der Waals surface area contributed by atoms with E-state index in [1.807, 2.05) is 30.3 Å². The minimum absolute atomic E-state index is 0.0731. The van der Waals surface area contributed by atoms with Crippen LogP contribution >= 0.6 is 0 Å². The van der Waals surface area contributed by atoms with Gasteiger partial charge in [-0.2, -0.15) is 4.31 Å². The van der Waals surface area contributed by atoms with Gasteiger partial charge in [-0.1, -0.05) is 18.2 Å². The van der Waals surface area contributed by atoms with Crippen LogP contribution in [-0.4, -0.2) is 60.9 Å². The minimum Gasteiger partial charge on any atom is -0.444 e. The van der Waals surface area contributed by atoms with Crippen LogP contribution < -0.4 is 0 Å². The van der Waals surface area contributed by atoms with E-state index in [1.54, 1.807) is 4.90 Å². The third-order valence-electron chi connectivity index (χ3n) is 3.97. The molecule has 1 aliphatic heterocycles. The summed E-state index contributed by atoms with van der Waals surface area (Å²) in [5.41, 5.74) is 1.43. The Morgan fingerprint density at radius 1 is 1.17 bits per heavy atom. The van der Waals surface area contributed by atoms with Crippen molar-refractivity contribution < 1.29 is 17.6 Å². The molecule has 7 nitrogen and oxygen atoms in total. The molecular formula is C16H19N3O4S. The van der Waals surface area contributed by atoms with Gasteiger partial charge in [0.05, 0.1) is 18.4 Å². The maximum absolute atomic E-state index is 12.3. The number of carbonyl (C=O) groups excluding carboxylic acids is 1. The maximum atomic E-state index is 12.3. The molecule has 1 amide bonds. The van der Waals surface area contributed by atoms with Gasteiger partial charge in [0.15, 0.2) is 0 Å². The molecule has 1 aromatic carbocycles. The Bertz CT molecular complexity index is 809. The summed E-state index contributed by atoms with van der Waals surface area (Å²) in [5.74, 6) is 0.413. The van der Waals surface area contributed by atoms with Gasteiger partial charge < -0.3 is 9.32 Å². The Morgan fingerprint density at radius 3 is 2.46 bits per heavy atom. The summed E-state index contributed by atoms with van der Waals surface area (Å²) in [6.45, 7) is 1.46. The van der Waals surface area contributed by atoms with E-state index in [0.29, 0.717) is 37.8 Å². The Kier molecular flexibility index (Phi) is 4.68. The molecule has 2 heterocycles. The van der Waals surface area contributed by atoms with Crippen molar-refractivity contribution in [1.82, 2.24) is 14.2 Å². The van der Waals surface area contributed by atoms with Gasteiger partial charge >= 0.3 is 0 Å². The average Bonchev–Trinajstić information content (AvgIpc) is 3.03. The van der Waals surface area contributed by atoms with E-state index in [2.05, 4.69) is 4.98 Å². The molecule has 0 bridgehead atoms. The number of carbonyl (C=O) groups is 1. The van der Waals surface area contributed by atoms with E-state index in [0.717, 1.165) is 5.56 Å². The van der Waals surface area contributed by atoms with Gasteiger partial charge in [-0.05, 0) is 12.1 Å². The van der Waals surface area contributed by atoms with Crippen LogP contribution in [0.25, 0.3) is 11.5 Å². The molecule has 0 radical (unpaired) electrons. The highest BCUT2D eigenvalue weighted by atomic mass is 32.2. The molecular weight excluding hydrogens is 330 g/mol. The Balaban J connectivity index is 1.59. The first-order chi connectivity index (χ1) is 11.4. The number of piperazine rings is 1. The van der Waals surface area contributed by atoms with Crippen LogP contribution in [0.5, 0.6) is 0 Å². The minimum atomic E-state index is -3.19. The molecule has 1 fully saturated rings. The lowest BCUT2D eigenvalue weighted by atomic mass is 10.2. The molecule has 1 aromatic heterocycles. The van der Waals surface area contributed by atoms with E-state index in [9.17, 15) is 13.2 Å². The van der Waals surface area contributed by atoms with Crippen molar-refractivity contribution in [3.63, 3.8) is 0 Å². The lowest BCUT2D eigenvalue weighted by Gasteiger charge is -2.33. The van der Waals surface area contributed by atoms with Crippen molar-refractivity contribution in [3.8, 4) is 11.5 Å². The monoisotopic (exact) mass is 349 g/mol. The number of rotatable bonds is 4. The molecule has 0 saturated carbocycles. The first kappa shape index (κ1) is 16.7. The maximum Gasteiger partial charge on any atom is 0.228 e. The molecule has 128 valence electrons. The summed E-state index contributed by atoms with van der Waals surface area (Å²) in [6.07, 6.45) is 2.83. The van der Waals surface area contributed by atoms with Gasteiger partial charge in [0, 0.05) is 31.7 Å². The zero-order valence-electron chi connectivity index (χ0n) is 13.4. The molecule has 3 rings (SSSR count). The van der Waals surface area contributed by atoms with E-state index < -0.39 is 10.0 Å². The highest BCUT2D eigenvalue weighted by Crippen LogP contribution is 2.18. The van der Waals surface area contributed by atoms with Crippen molar-refractivity contribution >= 4 is 15.9 Å². The number of hydrogen-bond donors (Lipinski definition) is 0. The van der Waals surface area contributed by atoms with Crippen molar-refractivity contribution in [2.45, 2.75) is 6.42 Å². The molecule has 0 N–H and O–H groups in total. The normalized spacial score (nSPS) is 16.3. The number of hydrogen-bond acceptors (Lipinski definition) is 5. The van der Waals surface area contributed by atoms with Crippen LogP contribution in [0.3, 0.4) is 0 Å². The van der Waals surface area contributed by atoms with E-state index in [1.165, 1.54) is 16.8 Å². The van der Waals surface area contributed by atoms with Gasteiger partial charge in [-0.3, -0.25) is 4.79 Å². The fourth-order valence-electron chi connectivity index (χ4n) is 2.64. The van der Waals surface area contributed by atoms with Crippen LogP contribution in [-0.2, 0) is 21.2 Å². The van der Waals surface area contributed by atoms with Crippen LogP contribution in [0.4, 0.5) is 0 Å². The molecule has 0 unspecified atom stereocenters. The van der Waals surface area contributed by atoms with Gasteiger partial charge in [0.1, 0.15) is 6.26 Å². The molecule has 8 heteroatoms. The molecule has 24 heavy (non-hydrogen) atoms. The highest BCUT2D eigenvalue weighted by Gasteiger charge is 2.26. The lowest BCUT2D eigenvalue weighted by molar-refractivity contribution is -0.131. The predicted molar refractivity (Wildman–Crippen MR) is 88.6 cm³/mol. The number of aromatic nitrogens is 1. The molecule has 1 saturated heterocycles. The van der Waals surface area contributed by atoms with Crippen molar-refractivity contribution in [2.75, 3.05) is 32.4 Å². The first-order valence-corrected chi connectivity index (χ1v) is 9.51. The number of benzene rings is 1. The van der Waals surface area contributed by atoms with E-state index in [-0.39, 0.29) is 12.3 Å². The third kappa shape index (κ3) is 3.82. The van der Waals surface area contributed by atoms with Crippen LogP contribution in [0, 0.1) is 0 Å². The Hall–Kier alpha value is -2.19. The molecule has 1 aliphatic rings. The zero-order valence-corrected chi connectivity index (χ0v) is 14.2. The number of oxazole rings is 1. The lowest BCUT2D eigenvalue weighted by Crippen LogP contribution is -2.50. The van der Waals surface area contributed by atoms with Crippen LogP contribution in [0.15, 0.2) is 41.0 Å². The first-order valence-electron chi connectivity index (χ1n) is 7.66. The van der Waals surface area contributed by atoms with Crippen molar-refractivity contribution in [2.24, 2.45) is 0 Å². The summed E-state index contributed by atoms with van der Waals surface area (Å²) in [7, 11) is -3.19. The third-order valence-corrected chi connectivity index (χ3v) is 5.27. The van der Waals surface area contributed by atoms with Crippen LogP contribution in [0.2, 0.25) is 0 Å². The summed E-state index contributed by atoms with van der Waals surface area (Å²) >= 11 is 0. The van der Waals surface area contributed by atoms with Gasteiger partial charge in [-0.25, -0.2) is 13.4 Å². The number of nitrogens with zero attached hydrogens (tertiary/aromatic N) is 3. The second-order valence-electron chi connectivity index (χ2n) is 5.73. The fraction of sp³-hybridized carbons (Fsp3) is 0.375. The molecule has 0 atom stereocenters. The van der Waals surface area contributed by atoms with Crippen LogP contribution in [0.1, 0.15) is 5.69 Å². The molecule has 0 aliphatic carbocycles. The zero-order chi connectivity index (χ0) is 17.2. The standard InChI is InChI=1S/C16H19N3O4S/c1-24(21,22)19-9-7-18(8-10-19)15(20)11-14-12-23-16(17-14)13-5-3-2-4-6-13/h2-6,12H,7-11H2,1H3. The quantitative estimate of drug-likeness (QED) is 0.822. The molecule has 0 spiro atoms. The largest absolute Gasteiger partial charge is 0.444 e. The molecule has 2 aromatic rings. The summed E-state index contributed by atoms with van der Waals surface area (Å²) in [6, 6.07) is 9.48. The second kappa shape index (κ2) is 6.74. The predicted octanol–water partition coefficient (Wildman–Crippen LogP) is 0.988. The van der Waals surface area contributed by atoms with Crippen molar-refractivity contribution in [1.29, 1.82) is 0 Å². The highest BCUT2D eigenvalue weighted by molar-refractivity contribution is 7.88. The fourth-order valence-corrected chi connectivity index (χ4v) is 3.46. The van der Waals surface area contributed by atoms with Crippen molar-refractivity contribution in [3.05, 3.63) is 42.3 Å². The average molecular weight is 349 g/mol. The summed E-state index contributed by atoms with van der Waals surface area (Å²) in [4.78, 5) is 18.4. The number of sulfonamides is 1. The second-order valence-corrected chi connectivity index (χ2v) is 7.71. The van der Waals surface area contributed by atoms with Gasteiger partial charge in [0.2, 0.25) is 21.8 Å². The summed E-state index contributed by atoms with van der Waals surface area (Å²) in [5, 5.41) is 0. The topological polar surface area (TPSA) is 83.7 Å². The Morgan fingerprint density at radius 2 is 1.83 bits per heavy atom. The van der Waals surface area contributed by atoms with E-state index in [4.69, 9.17) is 4.42 Å². The summed E-state index contributed by atoms with van der Waals surface area (Å²) < 4.78 is 29.8.